The van der Waals surface area contributed by atoms with Crippen molar-refractivity contribution in [3.8, 4) is 11.9 Å². The van der Waals surface area contributed by atoms with Crippen LogP contribution in [0.5, 0.6) is 0 Å². The normalized spacial score (nSPS) is 12.1. The summed E-state index contributed by atoms with van der Waals surface area (Å²) in [5, 5.41) is 21.2. The lowest BCUT2D eigenvalue weighted by atomic mass is 10.0. The summed E-state index contributed by atoms with van der Waals surface area (Å²) in [5.74, 6) is -0.508. The van der Waals surface area contributed by atoms with Crippen LogP contribution in [0.1, 0.15) is 35.4 Å². The lowest BCUT2D eigenvalue weighted by molar-refractivity contribution is -0.117. The lowest BCUT2D eigenvalue weighted by Crippen LogP contribution is -2.15. The predicted molar refractivity (Wildman–Crippen MR) is 105 cm³/mol. The van der Waals surface area contributed by atoms with Gasteiger partial charge in [-0.25, -0.2) is 14.5 Å². The maximum atomic E-state index is 13.6. The molecule has 0 aromatic carbocycles. The van der Waals surface area contributed by atoms with Gasteiger partial charge in [0.15, 0.2) is 11.5 Å². The van der Waals surface area contributed by atoms with Crippen LogP contribution in [-0.4, -0.2) is 47.5 Å². The third-order valence-corrected chi connectivity index (χ3v) is 4.75. The van der Waals surface area contributed by atoms with Crippen molar-refractivity contribution in [2.75, 3.05) is 7.11 Å². The number of methoxy groups -OCH3 is 1. The van der Waals surface area contributed by atoms with Gasteiger partial charge in [0, 0.05) is 44.0 Å². The number of hydrogen-bond donors (Lipinski definition) is 0. The van der Waals surface area contributed by atoms with Gasteiger partial charge in [-0.05, 0) is 18.6 Å². The third-order valence-electron chi connectivity index (χ3n) is 4.75. The summed E-state index contributed by atoms with van der Waals surface area (Å²) in [5.41, 5.74) is 2.31. The first-order valence-corrected chi connectivity index (χ1v) is 9.33. The highest BCUT2D eigenvalue weighted by molar-refractivity contribution is 5.83. The Bertz CT molecular complexity index is 1290. The third kappa shape index (κ3) is 4.01. The first-order valence-electron chi connectivity index (χ1n) is 9.33. The molecule has 0 aliphatic heterocycles. The molecule has 0 unspecified atom stereocenters. The minimum Gasteiger partial charge on any atom is -0.375 e. The number of ether oxygens (including phenoxy) is 1. The van der Waals surface area contributed by atoms with Crippen molar-refractivity contribution in [1.29, 1.82) is 5.26 Å². The van der Waals surface area contributed by atoms with Crippen molar-refractivity contribution in [3.05, 3.63) is 65.3 Å². The predicted octanol–water partition coefficient (Wildman–Crippen LogP) is 1.78. The summed E-state index contributed by atoms with van der Waals surface area (Å²) >= 11 is 0. The fourth-order valence-corrected chi connectivity index (χ4v) is 3.31. The minimum absolute atomic E-state index is 0.0395. The van der Waals surface area contributed by atoms with E-state index in [1.165, 1.54) is 47.3 Å². The van der Waals surface area contributed by atoms with Crippen LogP contribution in [0.2, 0.25) is 0 Å². The second-order valence-electron chi connectivity index (χ2n) is 6.82. The van der Waals surface area contributed by atoms with Crippen LogP contribution in [-0.2, 0) is 22.4 Å². The van der Waals surface area contributed by atoms with Crippen LogP contribution in [0.4, 0.5) is 4.39 Å². The van der Waals surface area contributed by atoms with Crippen molar-refractivity contribution in [2.24, 2.45) is 0 Å². The number of carbonyl (C=O) groups excluding carboxylic acids is 1. The molecule has 0 aliphatic rings. The van der Waals surface area contributed by atoms with E-state index >= 15 is 0 Å². The van der Waals surface area contributed by atoms with E-state index in [9.17, 15) is 14.4 Å². The highest BCUT2D eigenvalue weighted by atomic mass is 19.1. The molecule has 0 N–H and O–H groups in total. The molecule has 4 rings (SSSR count). The number of nitrogens with zero attached hydrogens (tertiary/aromatic N) is 8. The van der Waals surface area contributed by atoms with E-state index in [0.717, 1.165) is 0 Å². The van der Waals surface area contributed by atoms with Gasteiger partial charge in [-0.2, -0.15) is 19.8 Å². The van der Waals surface area contributed by atoms with Crippen LogP contribution in [0.3, 0.4) is 0 Å². The molecule has 156 valence electrons. The van der Waals surface area contributed by atoms with Crippen molar-refractivity contribution < 1.29 is 13.9 Å². The molecule has 0 bridgehead atoms. The standard InChI is InChI=1S/C20H17FN8O2/c1-12(31-2)19-15(11-23-18-8-17(21)27-28(18)19)7-16(30)6-13-5-14(9-22)20(24-10-13)29-25-3-4-26-29/h3-5,8,10-12H,6-7H2,1-2H3/t12-/m0/s1. The largest absolute Gasteiger partial charge is 0.375 e. The van der Waals surface area contributed by atoms with E-state index in [1.54, 1.807) is 13.0 Å². The Kier molecular flexibility index (Phi) is 5.46. The first-order chi connectivity index (χ1) is 15.0. The van der Waals surface area contributed by atoms with Gasteiger partial charge in [-0.1, -0.05) is 0 Å². The van der Waals surface area contributed by atoms with Crippen LogP contribution in [0.25, 0.3) is 11.5 Å². The number of fused-ring (bicyclic) bond motifs is 1. The Labute approximate surface area is 175 Å². The number of Topliss-reactive ketones (excluding diaryl/α,β-unsaturated/α-hetero) is 1. The van der Waals surface area contributed by atoms with E-state index in [0.29, 0.717) is 22.5 Å². The summed E-state index contributed by atoms with van der Waals surface area (Å²) < 4.78 is 20.4. The highest BCUT2D eigenvalue weighted by Crippen LogP contribution is 2.22. The molecule has 4 aromatic heterocycles. The second-order valence-corrected chi connectivity index (χ2v) is 6.82. The molecule has 0 saturated heterocycles. The Morgan fingerprint density at radius 3 is 2.71 bits per heavy atom. The quantitative estimate of drug-likeness (QED) is 0.443. The molecule has 0 saturated carbocycles. The number of hydrogen-bond acceptors (Lipinski definition) is 8. The fraction of sp³-hybridized carbons (Fsp3) is 0.250. The summed E-state index contributed by atoms with van der Waals surface area (Å²) in [4.78, 5) is 22.4. The Morgan fingerprint density at radius 2 is 2.00 bits per heavy atom. The number of halogens is 1. The molecule has 1 atom stereocenters. The monoisotopic (exact) mass is 420 g/mol. The maximum absolute atomic E-state index is 13.6. The van der Waals surface area contributed by atoms with Gasteiger partial charge in [0.25, 0.3) is 0 Å². The smallest absolute Gasteiger partial charge is 0.235 e. The molecular formula is C20H17FN8O2. The Morgan fingerprint density at radius 1 is 1.23 bits per heavy atom. The van der Waals surface area contributed by atoms with E-state index < -0.39 is 12.1 Å². The zero-order valence-corrected chi connectivity index (χ0v) is 16.7. The number of nitriles is 1. The van der Waals surface area contributed by atoms with Gasteiger partial charge >= 0.3 is 0 Å². The average molecular weight is 420 g/mol. The van der Waals surface area contributed by atoms with E-state index in [2.05, 4.69) is 31.3 Å². The molecule has 0 spiro atoms. The molecule has 0 radical (unpaired) electrons. The molecule has 4 heterocycles. The average Bonchev–Trinajstić information content (AvgIpc) is 3.42. The zero-order valence-electron chi connectivity index (χ0n) is 16.7. The van der Waals surface area contributed by atoms with Gasteiger partial charge in [-0.3, -0.25) is 4.79 Å². The number of pyridine rings is 1. The molecule has 4 aromatic rings. The second kappa shape index (κ2) is 8.37. The zero-order chi connectivity index (χ0) is 22.0. The first kappa shape index (κ1) is 20.2. The molecule has 10 nitrogen and oxygen atoms in total. The molecule has 0 aliphatic carbocycles. The summed E-state index contributed by atoms with van der Waals surface area (Å²) in [6, 6.07) is 4.85. The van der Waals surface area contributed by atoms with Gasteiger partial charge in [0.05, 0.1) is 29.8 Å². The Hall–Kier alpha value is -4.04. The molecule has 11 heteroatoms. The highest BCUT2D eigenvalue weighted by Gasteiger charge is 2.20. The van der Waals surface area contributed by atoms with Gasteiger partial charge < -0.3 is 4.74 Å². The Balaban J connectivity index is 1.59. The maximum Gasteiger partial charge on any atom is 0.235 e. The van der Waals surface area contributed by atoms with Gasteiger partial charge in [0.2, 0.25) is 5.95 Å². The van der Waals surface area contributed by atoms with Crippen LogP contribution < -0.4 is 0 Å². The number of aromatic nitrogens is 7. The van der Waals surface area contributed by atoms with Crippen LogP contribution in [0.15, 0.2) is 36.9 Å². The number of carbonyl (C=O) groups is 1. The summed E-state index contributed by atoms with van der Waals surface area (Å²) in [6.07, 6.45) is 5.67. The van der Waals surface area contributed by atoms with Crippen LogP contribution in [0, 0.1) is 17.3 Å². The number of ketones is 1. The van der Waals surface area contributed by atoms with Crippen molar-refractivity contribution in [1.82, 2.24) is 34.6 Å². The van der Waals surface area contributed by atoms with Crippen LogP contribution >= 0.6 is 0 Å². The SMILES string of the molecule is CO[C@@H](C)c1c(CC(=O)Cc2cnc(-n3nccn3)c(C#N)c2)cnc2cc(F)nn12. The number of rotatable bonds is 7. The van der Waals surface area contributed by atoms with E-state index in [1.807, 2.05) is 0 Å². The fourth-order valence-electron chi connectivity index (χ4n) is 3.31. The summed E-state index contributed by atoms with van der Waals surface area (Å²) in [7, 11) is 1.52. The van der Waals surface area contributed by atoms with Crippen molar-refractivity contribution in [3.63, 3.8) is 0 Å². The topological polar surface area (TPSA) is 124 Å². The van der Waals surface area contributed by atoms with Crippen molar-refractivity contribution >= 4 is 11.4 Å². The summed E-state index contributed by atoms with van der Waals surface area (Å²) in [6.45, 7) is 1.79. The van der Waals surface area contributed by atoms with E-state index in [4.69, 9.17) is 4.74 Å². The van der Waals surface area contributed by atoms with Gasteiger partial charge in [-0.15, -0.1) is 9.90 Å². The molecule has 0 fully saturated rings. The lowest BCUT2D eigenvalue weighted by Gasteiger charge is -2.16. The van der Waals surface area contributed by atoms with Crippen molar-refractivity contribution in [2.45, 2.75) is 25.9 Å². The molecule has 0 amide bonds. The molecular weight excluding hydrogens is 403 g/mol. The van der Waals surface area contributed by atoms with E-state index in [-0.39, 0.29) is 30.0 Å². The minimum atomic E-state index is -0.664. The van der Waals surface area contributed by atoms with Gasteiger partial charge in [0.1, 0.15) is 11.9 Å². The molecule has 31 heavy (non-hydrogen) atoms.